The number of carbonyl (C=O) groups is 3. The van der Waals surface area contributed by atoms with Crippen molar-refractivity contribution in [2.24, 2.45) is 0 Å². The van der Waals surface area contributed by atoms with Crippen LogP contribution in [-0.4, -0.2) is 37.2 Å². The van der Waals surface area contributed by atoms with Crippen LogP contribution < -0.4 is 0 Å². The molecule has 0 saturated carbocycles. The molecule has 0 aromatic carbocycles. The van der Waals surface area contributed by atoms with E-state index in [-0.39, 0.29) is 31.1 Å². The van der Waals surface area contributed by atoms with Gasteiger partial charge in [-0.15, -0.1) is 0 Å². The first-order valence-corrected chi connectivity index (χ1v) is 38.2. The van der Waals surface area contributed by atoms with E-state index in [9.17, 15) is 14.4 Å². The number of esters is 3. The number of rotatable bonds is 72. The summed E-state index contributed by atoms with van der Waals surface area (Å²) in [5, 5.41) is 0. The zero-order chi connectivity index (χ0) is 59.9. The fourth-order valence-corrected chi connectivity index (χ4v) is 12.0. The average molecular weight is 1170 g/mol. The first-order valence-electron chi connectivity index (χ1n) is 38.2. The third-order valence-corrected chi connectivity index (χ3v) is 17.8. The highest BCUT2D eigenvalue weighted by Crippen LogP contribution is 2.20. The van der Waals surface area contributed by atoms with Crippen LogP contribution in [0.4, 0.5) is 0 Å². The van der Waals surface area contributed by atoms with Gasteiger partial charge in [-0.3, -0.25) is 14.4 Å². The molecule has 492 valence electrons. The van der Waals surface area contributed by atoms with Crippen molar-refractivity contribution in [3.05, 3.63) is 12.2 Å². The number of hydrogen-bond acceptors (Lipinski definition) is 6. The Kier molecular flexibility index (Phi) is 71.0. The summed E-state index contributed by atoms with van der Waals surface area (Å²) in [6.45, 7) is 6.73. The molecule has 6 heteroatoms. The smallest absolute Gasteiger partial charge is 0.306 e. The number of unbranched alkanes of at least 4 members (excludes halogenated alkanes) is 59. The Hall–Kier alpha value is -1.85. The van der Waals surface area contributed by atoms with E-state index < -0.39 is 6.10 Å². The Balaban J connectivity index is 4.17. The Morgan fingerprint density at radius 3 is 0.602 bits per heavy atom. The minimum atomic E-state index is -0.770. The van der Waals surface area contributed by atoms with E-state index in [2.05, 4.69) is 32.9 Å². The van der Waals surface area contributed by atoms with Crippen molar-refractivity contribution >= 4 is 17.9 Å². The fourth-order valence-electron chi connectivity index (χ4n) is 12.0. The highest BCUT2D eigenvalue weighted by atomic mass is 16.6. The van der Waals surface area contributed by atoms with Gasteiger partial charge in [0.1, 0.15) is 13.2 Å². The number of allylic oxidation sites excluding steroid dienone is 2. The van der Waals surface area contributed by atoms with E-state index in [4.69, 9.17) is 14.2 Å². The molecule has 0 fully saturated rings. The number of carbonyl (C=O) groups excluding carboxylic acids is 3. The molecular weight excluding hydrogens is 1020 g/mol. The minimum Gasteiger partial charge on any atom is -0.462 e. The quantitative estimate of drug-likeness (QED) is 0.0261. The molecule has 0 aliphatic heterocycles. The summed E-state index contributed by atoms with van der Waals surface area (Å²) in [6, 6.07) is 0. The summed E-state index contributed by atoms with van der Waals surface area (Å²) in [6.07, 6.45) is 88.4. The van der Waals surface area contributed by atoms with Crippen LogP contribution in [0.25, 0.3) is 0 Å². The van der Waals surface area contributed by atoms with Crippen LogP contribution >= 0.6 is 0 Å². The van der Waals surface area contributed by atoms with Gasteiger partial charge in [-0.25, -0.2) is 0 Å². The highest BCUT2D eigenvalue weighted by Gasteiger charge is 2.20. The maximum absolute atomic E-state index is 13.0. The van der Waals surface area contributed by atoms with Crippen LogP contribution in [0.2, 0.25) is 0 Å². The van der Waals surface area contributed by atoms with Crippen LogP contribution in [-0.2, 0) is 28.6 Å². The maximum Gasteiger partial charge on any atom is 0.306 e. The van der Waals surface area contributed by atoms with Gasteiger partial charge >= 0.3 is 17.9 Å². The Labute approximate surface area is 520 Å². The van der Waals surface area contributed by atoms with E-state index in [0.29, 0.717) is 19.3 Å². The molecule has 0 aliphatic carbocycles. The molecule has 0 aliphatic rings. The molecule has 0 aromatic heterocycles. The Bertz CT molecular complexity index is 1300. The lowest BCUT2D eigenvalue weighted by atomic mass is 10.0. The van der Waals surface area contributed by atoms with Gasteiger partial charge in [0, 0.05) is 19.3 Å². The van der Waals surface area contributed by atoms with Gasteiger partial charge in [0.25, 0.3) is 0 Å². The second-order valence-electron chi connectivity index (χ2n) is 26.3. The summed E-state index contributed by atoms with van der Waals surface area (Å²) in [7, 11) is 0. The lowest BCUT2D eigenvalue weighted by molar-refractivity contribution is -0.167. The van der Waals surface area contributed by atoms with Gasteiger partial charge in [0.05, 0.1) is 0 Å². The molecule has 0 aromatic rings. The molecule has 6 nitrogen and oxygen atoms in total. The van der Waals surface area contributed by atoms with Crippen LogP contribution in [0, 0.1) is 0 Å². The molecule has 83 heavy (non-hydrogen) atoms. The van der Waals surface area contributed by atoms with Gasteiger partial charge in [-0.05, 0) is 44.9 Å². The number of hydrogen-bond donors (Lipinski definition) is 0. The summed E-state index contributed by atoms with van der Waals surface area (Å²) in [4.78, 5) is 38.5. The predicted octanol–water partition coefficient (Wildman–Crippen LogP) is 26.3. The molecule has 0 amide bonds. The summed E-state index contributed by atoms with van der Waals surface area (Å²) < 4.78 is 17.0. The molecule has 0 bridgehead atoms. The summed E-state index contributed by atoms with van der Waals surface area (Å²) in [5.74, 6) is -0.835. The van der Waals surface area contributed by atoms with Crippen molar-refractivity contribution in [3.63, 3.8) is 0 Å². The fraction of sp³-hybridized carbons (Fsp3) is 0.935. The molecule has 0 radical (unpaired) electrons. The van der Waals surface area contributed by atoms with Gasteiger partial charge in [0.15, 0.2) is 6.10 Å². The predicted molar refractivity (Wildman–Crippen MR) is 363 cm³/mol. The molecule has 1 unspecified atom stereocenters. The third-order valence-electron chi connectivity index (χ3n) is 17.8. The van der Waals surface area contributed by atoms with E-state index in [1.54, 1.807) is 0 Å². The number of ether oxygens (including phenoxy) is 3. The van der Waals surface area contributed by atoms with Crippen molar-refractivity contribution in [2.45, 2.75) is 451 Å². The monoisotopic (exact) mass is 1170 g/mol. The zero-order valence-electron chi connectivity index (χ0n) is 56.8. The maximum atomic E-state index is 13.0. The Morgan fingerprint density at radius 1 is 0.229 bits per heavy atom. The van der Waals surface area contributed by atoms with Crippen molar-refractivity contribution in [1.29, 1.82) is 0 Å². The van der Waals surface area contributed by atoms with E-state index in [1.807, 2.05) is 0 Å². The lowest BCUT2D eigenvalue weighted by Gasteiger charge is -2.18. The summed E-state index contributed by atoms with van der Waals surface area (Å²) in [5.41, 5.74) is 0. The van der Waals surface area contributed by atoms with Crippen molar-refractivity contribution in [1.82, 2.24) is 0 Å². The summed E-state index contributed by atoms with van der Waals surface area (Å²) >= 11 is 0. The van der Waals surface area contributed by atoms with Crippen LogP contribution in [0.5, 0.6) is 0 Å². The van der Waals surface area contributed by atoms with Gasteiger partial charge in [0.2, 0.25) is 0 Å². The minimum absolute atomic E-state index is 0.0654. The van der Waals surface area contributed by atoms with Crippen molar-refractivity contribution in [3.8, 4) is 0 Å². The van der Waals surface area contributed by atoms with E-state index >= 15 is 0 Å². The van der Waals surface area contributed by atoms with E-state index in [0.717, 1.165) is 64.2 Å². The van der Waals surface area contributed by atoms with Gasteiger partial charge < -0.3 is 14.2 Å². The second-order valence-corrected chi connectivity index (χ2v) is 26.3. The standard InChI is InChI=1S/C77H148O6/c1-4-7-10-13-16-19-22-25-28-30-32-34-35-36-37-38-39-40-41-42-43-45-46-49-52-55-58-61-64-67-70-76(79)82-73-74(72-81-75(78)69-66-63-60-57-54-51-48-27-24-21-18-15-12-9-6-3)83-77(80)71-68-65-62-59-56-53-50-47-44-33-31-29-26-23-20-17-14-11-8-5-2/h27,48,74H,4-26,28-47,49-73H2,1-3H3/b48-27-. The molecule has 0 N–H and O–H groups in total. The highest BCUT2D eigenvalue weighted by molar-refractivity contribution is 5.71. The third kappa shape index (κ3) is 70.8. The molecule has 0 heterocycles. The largest absolute Gasteiger partial charge is 0.462 e. The molecular formula is C77H148O6. The van der Waals surface area contributed by atoms with E-state index in [1.165, 1.54) is 340 Å². The SMILES string of the molecule is CCCCCCCC/C=C\CCCCCCCC(=O)OCC(COC(=O)CCCCCCCCCCCCCCCCCCCCCCCCCCCCCCCC)OC(=O)CCCCCCCCCCCCCCCCCCCCCC. The first kappa shape index (κ1) is 81.2. The van der Waals surface area contributed by atoms with Crippen LogP contribution in [0.15, 0.2) is 12.2 Å². The van der Waals surface area contributed by atoms with Crippen molar-refractivity contribution < 1.29 is 28.6 Å². The van der Waals surface area contributed by atoms with Gasteiger partial charge in [-0.1, -0.05) is 392 Å². The zero-order valence-corrected chi connectivity index (χ0v) is 56.8. The van der Waals surface area contributed by atoms with Crippen LogP contribution in [0.1, 0.15) is 445 Å². The average Bonchev–Trinajstić information content (AvgIpc) is 3.49. The molecule has 1 atom stereocenters. The first-order chi connectivity index (χ1) is 41.0. The van der Waals surface area contributed by atoms with Crippen LogP contribution in [0.3, 0.4) is 0 Å². The topological polar surface area (TPSA) is 78.9 Å². The van der Waals surface area contributed by atoms with Gasteiger partial charge in [-0.2, -0.15) is 0 Å². The molecule has 0 spiro atoms. The molecule has 0 saturated heterocycles. The second kappa shape index (κ2) is 72.6. The van der Waals surface area contributed by atoms with Crippen molar-refractivity contribution in [2.75, 3.05) is 13.2 Å². The normalized spacial score (nSPS) is 12.0. The molecule has 0 rings (SSSR count). The Morgan fingerprint density at radius 2 is 0.398 bits per heavy atom. The lowest BCUT2D eigenvalue weighted by Crippen LogP contribution is -2.30.